The number of Topliss-reactive ketones (excluding diaryl/α,β-unsaturated/α-hetero) is 1. The van der Waals surface area contributed by atoms with E-state index in [-0.39, 0.29) is 6.04 Å². The molecule has 0 amide bonds. The highest BCUT2D eigenvalue weighted by Crippen LogP contribution is 2.35. The molecule has 1 aliphatic rings. The maximum atomic E-state index is 11.3. The van der Waals surface area contributed by atoms with E-state index >= 15 is 0 Å². The summed E-state index contributed by atoms with van der Waals surface area (Å²) in [4.78, 5) is 13.6. The van der Waals surface area contributed by atoms with Gasteiger partial charge < -0.3 is 4.90 Å². The van der Waals surface area contributed by atoms with Crippen LogP contribution in [0.4, 0.5) is 5.69 Å². The molecule has 0 N–H and O–H groups in total. The molecule has 0 aliphatic carbocycles. The molecule has 2 rings (SSSR count). The first kappa shape index (κ1) is 11.9. The maximum Gasteiger partial charge on any atom is 0.136 e. The number of ketones is 1. The number of hydrogen-bond donors (Lipinski definition) is 0. The Hall–Kier alpha value is -0.540. The molecular weight excluding hydrogens is 289 g/mol. The molecule has 1 saturated heterocycles. The summed E-state index contributed by atoms with van der Waals surface area (Å²) in [6, 6.07) is 6.07. The standard InChI is InChI=1S/C12H13BrClNO/c1-8-7-9(16)5-6-15(8)11-4-2-3-10(14)12(11)13/h2-4,8H,5-7H2,1H3. The number of rotatable bonds is 1. The molecule has 1 atom stereocenters. The molecule has 2 nitrogen and oxygen atoms in total. The van der Waals surface area contributed by atoms with E-state index in [0.29, 0.717) is 23.6 Å². The van der Waals surface area contributed by atoms with E-state index in [0.717, 1.165) is 16.7 Å². The molecule has 1 aromatic rings. The zero-order chi connectivity index (χ0) is 11.7. The molecule has 16 heavy (non-hydrogen) atoms. The van der Waals surface area contributed by atoms with Crippen LogP contribution in [0, 0.1) is 0 Å². The van der Waals surface area contributed by atoms with Crippen LogP contribution >= 0.6 is 27.5 Å². The van der Waals surface area contributed by atoms with Gasteiger partial charge in [0.2, 0.25) is 0 Å². The summed E-state index contributed by atoms with van der Waals surface area (Å²) >= 11 is 9.57. The Balaban J connectivity index is 2.30. The second-order valence-electron chi connectivity index (χ2n) is 4.11. The lowest BCUT2D eigenvalue weighted by Crippen LogP contribution is -2.41. The van der Waals surface area contributed by atoms with E-state index in [2.05, 4.69) is 27.8 Å². The second-order valence-corrected chi connectivity index (χ2v) is 5.31. The predicted octanol–water partition coefficient (Wildman–Crippen LogP) is 3.66. The van der Waals surface area contributed by atoms with Gasteiger partial charge in [-0.1, -0.05) is 17.7 Å². The minimum atomic E-state index is 0.246. The molecule has 1 unspecified atom stereocenters. The highest BCUT2D eigenvalue weighted by Gasteiger charge is 2.25. The van der Waals surface area contributed by atoms with E-state index in [1.54, 1.807) is 0 Å². The van der Waals surface area contributed by atoms with Crippen molar-refractivity contribution in [1.82, 2.24) is 0 Å². The Morgan fingerprint density at radius 3 is 2.94 bits per heavy atom. The largest absolute Gasteiger partial charge is 0.367 e. The van der Waals surface area contributed by atoms with Gasteiger partial charge >= 0.3 is 0 Å². The molecule has 1 heterocycles. The van der Waals surface area contributed by atoms with E-state index in [4.69, 9.17) is 11.6 Å². The molecule has 0 spiro atoms. The van der Waals surface area contributed by atoms with Gasteiger partial charge in [0.05, 0.1) is 15.2 Å². The first-order valence-corrected chi connectivity index (χ1v) is 6.49. The number of halogens is 2. The van der Waals surface area contributed by atoms with Crippen LogP contribution < -0.4 is 4.90 Å². The number of anilines is 1. The van der Waals surface area contributed by atoms with Crippen molar-refractivity contribution in [3.8, 4) is 0 Å². The zero-order valence-electron chi connectivity index (χ0n) is 9.04. The lowest BCUT2D eigenvalue weighted by molar-refractivity contribution is -0.120. The van der Waals surface area contributed by atoms with Gasteiger partial charge in [0, 0.05) is 25.4 Å². The smallest absolute Gasteiger partial charge is 0.136 e. The number of carbonyl (C=O) groups excluding carboxylic acids is 1. The Labute approximate surface area is 109 Å². The van der Waals surface area contributed by atoms with Gasteiger partial charge in [-0.3, -0.25) is 4.79 Å². The van der Waals surface area contributed by atoms with Gasteiger partial charge in [-0.15, -0.1) is 0 Å². The highest BCUT2D eigenvalue weighted by molar-refractivity contribution is 9.10. The summed E-state index contributed by atoms with van der Waals surface area (Å²) in [6.07, 6.45) is 1.25. The minimum absolute atomic E-state index is 0.246. The number of benzene rings is 1. The SMILES string of the molecule is CC1CC(=O)CCN1c1cccc(Cl)c1Br. The molecule has 0 bridgehead atoms. The second kappa shape index (κ2) is 4.76. The minimum Gasteiger partial charge on any atom is -0.367 e. The highest BCUT2D eigenvalue weighted by atomic mass is 79.9. The Morgan fingerprint density at radius 2 is 2.25 bits per heavy atom. The van der Waals surface area contributed by atoms with E-state index in [1.807, 2.05) is 18.2 Å². The van der Waals surface area contributed by atoms with E-state index in [9.17, 15) is 4.79 Å². The molecule has 0 radical (unpaired) electrons. The fourth-order valence-corrected chi connectivity index (χ4v) is 2.74. The van der Waals surface area contributed by atoms with Gasteiger partial charge in [0.25, 0.3) is 0 Å². The van der Waals surface area contributed by atoms with Crippen molar-refractivity contribution in [3.05, 3.63) is 27.7 Å². The van der Waals surface area contributed by atoms with Crippen molar-refractivity contribution in [2.45, 2.75) is 25.8 Å². The van der Waals surface area contributed by atoms with E-state index in [1.165, 1.54) is 0 Å². The third-order valence-corrected chi connectivity index (χ3v) is 4.30. The van der Waals surface area contributed by atoms with Gasteiger partial charge in [0.1, 0.15) is 5.78 Å². The first-order chi connectivity index (χ1) is 7.59. The van der Waals surface area contributed by atoms with Gasteiger partial charge in [-0.2, -0.15) is 0 Å². The summed E-state index contributed by atoms with van der Waals surface area (Å²) in [5.41, 5.74) is 1.08. The molecular formula is C12H13BrClNO. The topological polar surface area (TPSA) is 20.3 Å². The molecule has 0 saturated carbocycles. The molecule has 1 aliphatic heterocycles. The van der Waals surface area contributed by atoms with Crippen LogP contribution in [-0.2, 0) is 4.79 Å². The summed E-state index contributed by atoms with van der Waals surface area (Å²) in [5.74, 6) is 0.349. The number of carbonyl (C=O) groups is 1. The molecule has 1 aromatic carbocycles. The summed E-state index contributed by atoms with van der Waals surface area (Å²) < 4.78 is 0.915. The molecule has 1 fully saturated rings. The average Bonchev–Trinajstić information content (AvgIpc) is 2.23. The lowest BCUT2D eigenvalue weighted by Gasteiger charge is -2.35. The lowest BCUT2D eigenvalue weighted by atomic mass is 10.0. The fraction of sp³-hybridized carbons (Fsp3) is 0.417. The first-order valence-electron chi connectivity index (χ1n) is 5.32. The van der Waals surface area contributed by atoms with Crippen LogP contribution in [-0.4, -0.2) is 18.4 Å². The fourth-order valence-electron chi connectivity index (χ4n) is 2.08. The quantitative estimate of drug-likeness (QED) is 0.789. The normalized spacial score (nSPS) is 21.3. The van der Waals surface area contributed by atoms with Crippen molar-refractivity contribution in [3.63, 3.8) is 0 Å². The van der Waals surface area contributed by atoms with Crippen LogP contribution in [0.5, 0.6) is 0 Å². The third-order valence-electron chi connectivity index (χ3n) is 2.93. The number of hydrogen-bond acceptors (Lipinski definition) is 2. The van der Waals surface area contributed by atoms with Crippen LogP contribution in [0.3, 0.4) is 0 Å². The van der Waals surface area contributed by atoms with Crippen LogP contribution in [0.2, 0.25) is 5.02 Å². The predicted molar refractivity (Wildman–Crippen MR) is 70.2 cm³/mol. The van der Waals surface area contributed by atoms with Crippen molar-refractivity contribution in [1.29, 1.82) is 0 Å². The monoisotopic (exact) mass is 301 g/mol. The Bertz CT molecular complexity index is 421. The van der Waals surface area contributed by atoms with Gasteiger partial charge in [-0.25, -0.2) is 0 Å². The van der Waals surface area contributed by atoms with E-state index < -0.39 is 0 Å². The van der Waals surface area contributed by atoms with Crippen LogP contribution in [0.15, 0.2) is 22.7 Å². The number of nitrogens with zero attached hydrogens (tertiary/aromatic N) is 1. The molecule has 4 heteroatoms. The zero-order valence-corrected chi connectivity index (χ0v) is 11.4. The van der Waals surface area contributed by atoms with Crippen molar-refractivity contribution in [2.24, 2.45) is 0 Å². The van der Waals surface area contributed by atoms with Crippen molar-refractivity contribution < 1.29 is 4.79 Å². The van der Waals surface area contributed by atoms with Crippen molar-refractivity contribution >= 4 is 39.0 Å². The van der Waals surface area contributed by atoms with Gasteiger partial charge in [-0.05, 0) is 35.0 Å². The number of piperidine rings is 1. The van der Waals surface area contributed by atoms with Crippen molar-refractivity contribution in [2.75, 3.05) is 11.4 Å². The maximum absolute atomic E-state index is 11.3. The molecule has 86 valence electrons. The molecule has 0 aromatic heterocycles. The summed E-state index contributed by atoms with van der Waals surface area (Å²) in [5, 5.41) is 0.710. The average molecular weight is 303 g/mol. The summed E-state index contributed by atoms with van der Waals surface area (Å²) in [7, 11) is 0. The Morgan fingerprint density at radius 1 is 1.50 bits per heavy atom. The van der Waals surface area contributed by atoms with Crippen LogP contribution in [0.1, 0.15) is 19.8 Å². The third kappa shape index (κ3) is 2.25. The Kier molecular flexibility index (Phi) is 3.55. The van der Waals surface area contributed by atoms with Crippen LogP contribution in [0.25, 0.3) is 0 Å². The van der Waals surface area contributed by atoms with Gasteiger partial charge in [0.15, 0.2) is 0 Å². The summed E-state index contributed by atoms with van der Waals surface area (Å²) in [6.45, 7) is 2.85.